The van der Waals surface area contributed by atoms with Gasteiger partial charge < -0.3 is 9.47 Å². The molecule has 1 aliphatic heterocycles. The van der Waals surface area contributed by atoms with E-state index in [1.807, 2.05) is 6.08 Å². The molecule has 2 rings (SSSR count). The Labute approximate surface area is 82.2 Å². The molecule has 0 aromatic rings. The average molecular weight is 187 g/mol. The lowest BCUT2D eigenvalue weighted by molar-refractivity contribution is 0.0556. The van der Waals surface area contributed by atoms with Gasteiger partial charge in [0.25, 0.3) is 0 Å². The maximum Gasteiger partial charge on any atom is 0.147 e. The number of nitrogens with zero attached hydrogens (tertiary/aromatic N) is 1. The molecule has 0 saturated carbocycles. The summed E-state index contributed by atoms with van der Waals surface area (Å²) in [6.45, 7) is 0.869. The topological polar surface area (TPSA) is 42.2 Å². The molecular weight excluding hydrogens is 178 g/mol. The molecule has 1 saturated heterocycles. The Morgan fingerprint density at radius 3 is 3.21 bits per heavy atom. The number of rotatable bonds is 1. The van der Waals surface area contributed by atoms with Crippen LogP contribution in [0.2, 0.25) is 0 Å². The van der Waals surface area contributed by atoms with Crippen molar-refractivity contribution < 1.29 is 9.47 Å². The highest BCUT2D eigenvalue weighted by molar-refractivity contribution is 5.44. The van der Waals surface area contributed by atoms with E-state index >= 15 is 0 Å². The zero-order valence-electron chi connectivity index (χ0n) is 7.56. The summed E-state index contributed by atoms with van der Waals surface area (Å²) in [4.78, 5) is 0. The van der Waals surface area contributed by atoms with E-state index in [2.05, 4.69) is 11.8 Å². The largest absolute Gasteiger partial charge is 0.352 e. The molecule has 0 aromatic heterocycles. The molecule has 0 bridgehead atoms. The van der Waals surface area contributed by atoms with Crippen LogP contribution in [0.15, 0.2) is 41.2 Å². The van der Waals surface area contributed by atoms with Crippen molar-refractivity contribution in [2.24, 2.45) is 0 Å². The SMILES string of the molecule is N#CC1=CC=C=CC(C2COCO2)=C1. The maximum absolute atomic E-state index is 8.78. The lowest BCUT2D eigenvalue weighted by Crippen LogP contribution is -2.11. The average Bonchev–Trinajstić information content (AvgIpc) is 2.63. The fourth-order valence-electron chi connectivity index (χ4n) is 1.33. The number of hydrogen-bond acceptors (Lipinski definition) is 3. The third-order valence-electron chi connectivity index (χ3n) is 2.05. The summed E-state index contributed by atoms with van der Waals surface area (Å²) < 4.78 is 10.4. The molecule has 2 aliphatic rings. The minimum Gasteiger partial charge on any atom is -0.352 e. The molecule has 3 nitrogen and oxygen atoms in total. The smallest absolute Gasteiger partial charge is 0.147 e. The van der Waals surface area contributed by atoms with Gasteiger partial charge in [-0.2, -0.15) is 5.26 Å². The van der Waals surface area contributed by atoms with Gasteiger partial charge in [-0.3, -0.25) is 0 Å². The van der Waals surface area contributed by atoms with Crippen molar-refractivity contribution in [3.05, 3.63) is 41.2 Å². The van der Waals surface area contributed by atoms with Crippen molar-refractivity contribution in [2.75, 3.05) is 13.4 Å². The van der Waals surface area contributed by atoms with Crippen LogP contribution in [0.3, 0.4) is 0 Å². The predicted molar refractivity (Wildman–Crippen MR) is 50.1 cm³/mol. The maximum atomic E-state index is 8.78. The minimum absolute atomic E-state index is 0.0641. The molecule has 14 heavy (non-hydrogen) atoms. The van der Waals surface area contributed by atoms with Crippen LogP contribution in [0, 0.1) is 11.3 Å². The molecule has 1 aliphatic carbocycles. The minimum atomic E-state index is -0.0641. The molecule has 0 amide bonds. The Hall–Kier alpha value is -1.59. The third-order valence-corrected chi connectivity index (χ3v) is 2.05. The zero-order valence-corrected chi connectivity index (χ0v) is 7.56. The van der Waals surface area contributed by atoms with Crippen LogP contribution in [0.1, 0.15) is 0 Å². The molecule has 0 spiro atoms. The van der Waals surface area contributed by atoms with Crippen LogP contribution in [-0.2, 0) is 9.47 Å². The number of ether oxygens (including phenoxy) is 2. The van der Waals surface area contributed by atoms with Crippen molar-refractivity contribution in [3.8, 4) is 6.07 Å². The van der Waals surface area contributed by atoms with Crippen LogP contribution < -0.4 is 0 Å². The molecule has 0 radical (unpaired) electrons. The van der Waals surface area contributed by atoms with E-state index in [0.29, 0.717) is 19.0 Å². The summed E-state index contributed by atoms with van der Waals surface area (Å²) in [6.07, 6.45) is 7.00. The highest BCUT2D eigenvalue weighted by atomic mass is 16.7. The molecule has 1 heterocycles. The standard InChI is InChI=1S/C11H9NO2/c12-6-9-3-1-2-4-10(5-9)11-7-13-8-14-11/h1,3-5,11H,7-8H2. The molecular formula is C11H9NO2. The van der Waals surface area contributed by atoms with Gasteiger partial charge in [0.05, 0.1) is 18.2 Å². The van der Waals surface area contributed by atoms with Gasteiger partial charge in [-0.15, -0.1) is 5.73 Å². The van der Waals surface area contributed by atoms with Gasteiger partial charge in [0.2, 0.25) is 0 Å². The van der Waals surface area contributed by atoms with E-state index in [9.17, 15) is 0 Å². The molecule has 1 unspecified atom stereocenters. The van der Waals surface area contributed by atoms with Gasteiger partial charge in [0.1, 0.15) is 12.9 Å². The number of hydrogen-bond donors (Lipinski definition) is 0. The van der Waals surface area contributed by atoms with E-state index in [0.717, 1.165) is 5.57 Å². The van der Waals surface area contributed by atoms with Crippen molar-refractivity contribution >= 4 is 0 Å². The van der Waals surface area contributed by atoms with Gasteiger partial charge in [0.15, 0.2) is 0 Å². The summed E-state index contributed by atoms with van der Waals surface area (Å²) >= 11 is 0. The van der Waals surface area contributed by atoms with Crippen molar-refractivity contribution in [2.45, 2.75) is 6.10 Å². The summed E-state index contributed by atoms with van der Waals surface area (Å²) in [6, 6.07) is 2.09. The Balaban J connectivity index is 2.26. The highest BCUT2D eigenvalue weighted by Gasteiger charge is 2.19. The molecule has 1 fully saturated rings. The fraction of sp³-hybridized carbons (Fsp3) is 0.273. The highest BCUT2D eigenvalue weighted by Crippen LogP contribution is 2.17. The van der Waals surface area contributed by atoms with E-state index in [-0.39, 0.29) is 6.10 Å². The predicted octanol–water partition coefficient (Wildman–Crippen LogP) is 1.46. The normalized spacial score (nSPS) is 25.2. The van der Waals surface area contributed by atoms with Gasteiger partial charge in [-0.05, 0) is 29.9 Å². The number of allylic oxidation sites excluding steroid dienone is 3. The first-order chi connectivity index (χ1) is 6.90. The fourth-order valence-corrected chi connectivity index (χ4v) is 1.33. The Morgan fingerprint density at radius 1 is 1.57 bits per heavy atom. The monoisotopic (exact) mass is 187 g/mol. The van der Waals surface area contributed by atoms with Crippen molar-refractivity contribution in [3.63, 3.8) is 0 Å². The second-order valence-electron chi connectivity index (χ2n) is 3.00. The lowest BCUT2D eigenvalue weighted by atomic mass is 10.1. The van der Waals surface area contributed by atoms with E-state index < -0.39 is 0 Å². The van der Waals surface area contributed by atoms with Gasteiger partial charge in [-0.1, -0.05) is 0 Å². The second-order valence-corrected chi connectivity index (χ2v) is 3.00. The third kappa shape index (κ3) is 1.84. The van der Waals surface area contributed by atoms with Crippen LogP contribution in [0.5, 0.6) is 0 Å². The van der Waals surface area contributed by atoms with E-state index in [1.54, 1.807) is 18.2 Å². The summed E-state index contributed by atoms with van der Waals surface area (Å²) in [5.74, 6) is 0. The zero-order chi connectivity index (χ0) is 9.80. The Morgan fingerprint density at radius 2 is 2.50 bits per heavy atom. The van der Waals surface area contributed by atoms with Crippen LogP contribution >= 0.6 is 0 Å². The second kappa shape index (κ2) is 4.08. The Bertz CT molecular complexity index is 386. The first-order valence-electron chi connectivity index (χ1n) is 4.34. The molecule has 0 aromatic carbocycles. The summed E-state index contributed by atoms with van der Waals surface area (Å²) in [5, 5.41) is 8.78. The van der Waals surface area contributed by atoms with E-state index in [4.69, 9.17) is 14.7 Å². The van der Waals surface area contributed by atoms with Gasteiger partial charge in [-0.25, -0.2) is 0 Å². The molecule has 3 heteroatoms. The molecule has 1 atom stereocenters. The number of nitriles is 1. The van der Waals surface area contributed by atoms with Gasteiger partial charge in [0, 0.05) is 0 Å². The van der Waals surface area contributed by atoms with Crippen LogP contribution in [0.4, 0.5) is 0 Å². The van der Waals surface area contributed by atoms with Crippen LogP contribution in [-0.4, -0.2) is 19.5 Å². The van der Waals surface area contributed by atoms with Crippen molar-refractivity contribution in [1.29, 1.82) is 5.26 Å². The summed E-state index contributed by atoms with van der Waals surface area (Å²) in [5.41, 5.74) is 4.50. The quantitative estimate of drug-likeness (QED) is 0.583. The Kier molecular flexibility index (Phi) is 2.62. The molecule has 70 valence electrons. The first kappa shape index (κ1) is 8.98. The first-order valence-corrected chi connectivity index (χ1v) is 4.34. The van der Waals surface area contributed by atoms with Gasteiger partial charge >= 0.3 is 0 Å². The summed E-state index contributed by atoms with van der Waals surface area (Å²) in [7, 11) is 0. The van der Waals surface area contributed by atoms with E-state index in [1.165, 1.54) is 0 Å². The lowest BCUT2D eigenvalue weighted by Gasteiger charge is -2.06. The van der Waals surface area contributed by atoms with Crippen molar-refractivity contribution in [1.82, 2.24) is 0 Å². The molecule has 0 N–H and O–H groups in total. The van der Waals surface area contributed by atoms with Crippen LogP contribution in [0.25, 0.3) is 0 Å².